The number of hydrogen-bond donors (Lipinski definition) is 8. The summed E-state index contributed by atoms with van der Waals surface area (Å²) in [6, 6.07) is -1.19. The van der Waals surface area contributed by atoms with Crippen LogP contribution in [0.15, 0.2) is 36.5 Å². The lowest BCUT2D eigenvalue weighted by molar-refractivity contribution is -0.303. The van der Waals surface area contributed by atoms with Crippen molar-refractivity contribution in [2.24, 2.45) is 0 Å². The van der Waals surface area contributed by atoms with Crippen LogP contribution >= 0.6 is 0 Å². The van der Waals surface area contributed by atoms with Crippen molar-refractivity contribution in [1.29, 1.82) is 0 Å². The molecular weight excluding hydrogens is 751 g/mol. The molecule has 1 heterocycles. The van der Waals surface area contributed by atoms with Crippen LogP contribution in [0, 0.1) is 0 Å². The molecule has 0 aromatic rings. The lowest BCUT2D eigenvalue weighted by atomic mass is 9.98. The van der Waals surface area contributed by atoms with Gasteiger partial charge in [-0.25, -0.2) is 0 Å². The molecule has 11 heteroatoms. The number of nitrogens with one attached hydrogen (secondary N) is 1. The summed E-state index contributed by atoms with van der Waals surface area (Å²) < 4.78 is 11.0. The maximum absolute atomic E-state index is 13.0. The SMILES string of the molecule is CCCCCCCCCCCC/C=C/CC/C=C/CC/C=C/CCCC(O)C(O)C(COC1OC(CO)C(O)C(O)C1O)NC(=O)C(O)CCCCCCCCCCC. The first-order valence-electron chi connectivity index (χ1n) is 23.9. The van der Waals surface area contributed by atoms with Crippen molar-refractivity contribution in [3.8, 4) is 0 Å². The van der Waals surface area contributed by atoms with Crippen LogP contribution < -0.4 is 5.32 Å². The van der Waals surface area contributed by atoms with E-state index in [4.69, 9.17) is 9.47 Å². The zero-order valence-corrected chi connectivity index (χ0v) is 37.2. The van der Waals surface area contributed by atoms with E-state index in [2.05, 4.69) is 55.6 Å². The van der Waals surface area contributed by atoms with E-state index in [1.54, 1.807) is 0 Å². The van der Waals surface area contributed by atoms with Gasteiger partial charge in [0.15, 0.2) is 6.29 Å². The highest BCUT2D eigenvalue weighted by Gasteiger charge is 2.44. The van der Waals surface area contributed by atoms with Crippen molar-refractivity contribution >= 4 is 5.91 Å². The standard InChI is InChI=1S/C48H89NO10/c1-3-5-7-9-11-13-14-15-16-17-18-19-20-21-22-23-24-25-26-28-29-31-33-35-40(51)43(53)39(38-58-48-46(56)45(55)44(54)42(37-50)59-48)49-47(57)41(52)36-34-32-30-27-12-10-8-6-4-2/h19-20,23-24,28-29,39-46,48,50-56H,3-18,21-22,25-27,30-38H2,1-2H3,(H,49,57)/b20-19+,24-23+,29-28+. The maximum atomic E-state index is 13.0. The Hall–Kier alpha value is -1.67. The van der Waals surface area contributed by atoms with Crippen LogP contribution in [-0.4, -0.2) is 110 Å². The van der Waals surface area contributed by atoms with Gasteiger partial charge in [0.05, 0.1) is 25.4 Å². The monoisotopic (exact) mass is 840 g/mol. The van der Waals surface area contributed by atoms with Crippen molar-refractivity contribution in [3.63, 3.8) is 0 Å². The Kier molecular flexibility index (Phi) is 35.7. The minimum absolute atomic E-state index is 0.242. The van der Waals surface area contributed by atoms with Crippen molar-refractivity contribution in [1.82, 2.24) is 5.32 Å². The molecule has 0 bridgehead atoms. The van der Waals surface area contributed by atoms with Crippen molar-refractivity contribution in [3.05, 3.63) is 36.5 Å². The van der Waals surface area contributed by atoms with Gasteiger partial charge < -0.3 is 50.5 Å². The van der Waals surface area contributed by atoms with E-state index in [1.807, 2.05) is 0 Å². The number of ether oxygens (including phenoxy) is 2. The molecule has 1 aliphatic rings. The van der Waals surface area contributed by atoms with E-state index in [9.17, 15) is 40.5 Å². The molecule has 0 radical (unpaired) electrons. The molecular formula is C48H89NO10. The summed E-state index contributed by atoms with van der Waals surface area (Å²) in [5, 5.41) is 75.5. The van der Waals surface area contributed by atoms with Crippen LogP contribution in [0.5, 0.6) is 0 Å². The van der Waals surface area contributed by atoms with Gasteiger partial charge in [-0.15, -0.1) is 0 Å². The number of aliphatic hydroxyl groups excluding tert-OH is 7. The fourth-order valence-electron chi connectivity index (χ4n) is 7.41. The number of unbranched alkanes of at least 4 members (excludes halogenated alkanes) is 21. The molecule has 1 rings (SSSR count). The third-order valence-electron chi connectivity index (χ3n) is 11.4. The Balaban J connectivity index is 2.42. The summed E-state index contributed by atoms with van der Waals surface area (Å²) in [5.41, 5.74) is 0. The molecule has 11 nitrogen and oxygen atoms in total. The Morgan fingerprint density at radius 1 is 0.576 bits per heavy atom. The van der Waals surface area contributed by atoms with Crippen molar-refractivity contribution < 1.29 is 50.0 Å². The normalized spacial score (nSPS) is 22.1. The Morgan fingerprint density at radius 2 is 1.02 bits per heavy atom. The predicted molar refractivity (Wildman–Crippen MR) is 238 cm³/mol. The second-order valence-electron chi connectivity index (χ2n) is 16.8. The van der Waals surface area contributed by atoms with E-state index >= 15 is 0 Å². The third-order valence-corrected chi connectivity index (χ3v) is 11.4. The quantitative estimate of drug-likeness (QED) is 0.0223. The first-order chi connectivity index (χ1) is 28.7. The molecule has 0 saturated carbocycles. The minimum atomic E-state index is -1.67. The van der Waals surface area contributed by atoms with Gasteiger partial charge in [0.2, 0.25) is 5.91 Å². The van der Waals surface area contributed by atoms with Gasteiger partial charge in [0.25, 0.3) is 0 Å². The number of rotatable bonds is 39. The van der Waals surface area contributed by atoms with Gasteiger partial charge >= 0.3 is 0 Å². The Labute approximate surface area is 358 Å². The van der Waals surface area contributed by atoms with Gasteiger partial charge in [-0.2, -0.15) is 0 Å². The van der Waals surface area contributed by atoms with Gasteiger partial charge in [-0.05, 0) is 64.2 Å². The Morgan fingerprint density at radius 3 is 1.51 bits per heavy atom. The molecule has 59 heavy (non-hydrogen) atoms. The molecule has 8 N–H and O–H groups in total. The average molecular weight is 840 g/mol. The first-order valence-corrected chi connectivity index (χ1v) is 23.9. The second-order valence-corrected chi connectivity index (χ2v) is 16.8. The summed E-state index contributed by atoms with van der Waals surface area (Å²) in [5.74, 6) is -0.716. The minimum Gasteiger partial charge on any atom is -0.394 e. The fraction of sp³-hybridized carbons (Fsp3) is 0.854. The number of allylic oxidation sites excluding steroid dienone is 6. The average Bonchev–Trinajstić information content (AvgIpc) is 3.23. The number of carbonyl (C=O) groups is 1. The zero-order valence-electron chi connectivity index (χ0n) is 37.2. The second kappa shape index (κ2) is 38.0. The molecule has 346 valence electrons. The molecule has 0 spiro atoms. The summed E-state index contributed by atoms with van der Waals surface area (Å²) in [7, 11) is 0. The Bertz CT molecular complexity index is 1050. The smallest absolute Gasteiger partial charge is 0.249 e. The summed E-state index contributed by atoms with van der Waals surface area (Å²) >= 11 is 0. The van der Waals surface area contributed by atoms with E-state index < -0.39 is 74.2 Å². The van der Waals surface area contributed by atoms with E-state index in [0.29, 0.717) is 19.3 Å². The lowest BCUT2D eigenvalue weighted by Crippen LogP contribution is -2.60. The molecule has 1 aliphatic heterocycles. The summed E-state index contributed by atoms with van der Waals surface area (Å²) in [6.07, 6.45) is 32.2. The van der Waals surface area contributed by atoms with Crippen LogP contribution in [0.3, 0.4) is 0 Å². The number of carbonyl (C=O) groups excluding carboxylic acids is 1. The van der Waals surface area contributed by atoms with Crippen LogP contribution in [0.2, 0.25) is 0 Å². The maximum Gasteiger partial charge on any atom is 0.249 e. The fourth-order valence-corrected chi connectivity index (χ4v) is 7.41. The number of hydrogen-bond acceptors (Lipinski definition) is 10. The van der Waals surface area contributed by atoms with E-state index in [-0.39, 0.29) is 12.8 Å². The molecule has 0 aliphatic carbocycles. The highest BCUT2D eigenvalue weighted by Crippen LogP contribution is 2.23. The van der Waals surface area contributed by atoms with Crippen molar-refractivity contribution in [2.75, 3.05) is 13.2 Å². The third kappa shape index (κ3) is 27.8. The van der Waals surface area contributed by atoms with Crippen LogP contribution in [0.25, 0.3) is 0 Å². The van der Waals surface area contributed by atoms with Crippen molar-refractivity contribution in [2.45, 2.75) is 249 Å². The summed E-state index contributed by atoms with van der Waals surface area (Å²) in [6.45, 7) is 3.38. The summed E-state index contributed by atoms with van der Waals surface area (Å²) in [4.78, 5) is 13.0. The van der Waals surface area contributed by atoms with Gasteiger partial charge in [0.1, 0.15) is 36.6 Å². The molecule has 1 amide bonds. The van der Waals surface area contributed by atoms with Crippen LogP contribution in [-0.2, 0) is 14.3 Å². The van der Waals surface area contributed by atoms with Crippen LogP contribution in [0.1, 0.15) is 194 Å². The molecule has 1 fully saturated rings. The predicted octanol–water partition coefficient (Wildman–Crippen LogP) is 8.00. The number of amides is 1. The van der Waals surface area contributed by atoms with Gasteiger partial charge in [-0.1, -0.05) is 166 Å². The largest absolute Gasteiger partial charge is 0.394 e. The topological polar surface area (TPSA) is 189 Å². The highest BCUT2D eigenvalue weighted by molar-refractivity contribution is 5.80. The molecule has 9 unspecified atom stereocenters. The van der Waals surface area contributed by atoms with Gasteiger partial charge in [0, 0.05) is 0 Å². The van der Waals surface area contributed by atoms with E-state index in [0.717, 1.165) is 44.9 Å². The zero-order chi connectivity index (χ0) is 43.4. The lowest BCUT2D eigenvalue weighted by Gasteiger charge is -2.40. The highest BCUT2D eigenvalue weighted by atomic mass is 16.7. The van der Waals surface area contributed by atoms with Crippen LogP contribution in [0.4, 0.5) is 0 Å². The van der Waals surface area contributed by atoms with Gasteiger partial charge in [-0.3, -0.25) is 4.79 Å². The molecule has 1 saturated heterocycles. The number of aliphatic hydroxyl groups is 7. The first kappa shape index (κ1) is 55.3. The van der Waals surface area contributed by atoms with E-state index in [1.165, 1.54) is 103 Å². The molecule has 9 atom stereocenters. The molecule has 0 aromatic heterocycles. The molecule has 0 aromatic carbocycles.